The second-order valence-electron chi connectivity index (χ2n) is 3.84. The Hall–Kier alpha value is -1.61. The highest BCUT2D eigenvalue weighted by Crippen LogP contribution is 2.20. The third-order valence-electron chi connectivity index (χ3n) is 2.55. The Bertz CT molecular complexity index is 559. The number of phenols is 1. The van der Waals surface area contributed by atoms with Gasteiger partial charge in [-0.15, -0.1) is 0 Å². The summed E-state index contributed by atoms with van der Waals surface area (Å²) in [5, 5.41) is 9.17. The molecule has 0 amide bonds. The molecule has 0 spiro atoms. The number of rotatable bonds is 2. The Morgan fingerprint density at radius 2 is 1.65 bits per heavy atom. The monoisotopic (exact) mass is 290 g/mol. The molecule has 2 aromatic rings. The van der Waals surface area contributed by atoms with Crippen molar-refractivity contribution in [3.63, 3.8) is 0 Å². The SMILES string of the molecule is Cc1cc(C(=O)c2ccc(O)cc2)ccc1Br. The van der Waals surface area contributed by atoms with Gasteiger partial charge in [0.1, 0.15) is 5.75 Å². The number of aromatic hydroxyl groups is 1. The Labute approximate surface area is 108 Å². The lowest BCUT2D eigenvalue weighted by Crippen LogP contribution is -2.01. The summed E-state index contributed by atoms with van der Waals surface area (Å²) in [5.41, 5.74) is 2.25. The highest BCUT2D eigenvalue weighted by atomic mass is 79.9. The third kappa shape index (κ3) is 2.56. The first-order valence-corrected chi connectivity index (χ1v) is 5.97. The van der Waals surface area contributed by atoms with E-state index in [0.29, 0.717) is 11.1 Å². The molecule has 0 radical (unpaired) electrons. The molecule has 0 aliphatic carbocycles. The average molecular weight is 291 g/mol. The van der Waals surface area contributed by atoms with Gasteiger partial charge in [0.2, 0.25) is 0 Å². The first kappa shape index (κ1) is 11.9. The second kappa shape index (κ2) is 4.72. The van der Waals surface area contributed by atoms with Crippen LogP contribution in [-0.2, 0) is 0 Å². The Morgan fingerprint density at radius 3 is 2.24 bits per heavy atom. The number of hydrogen-bond acceptors (Lipinski definition) is 2. The van der Waals surface area contributed by atoms with Crippen molar-refractivity contribution in [2.45, 2.75) is 6.92 Å². The van der Waals surface area contributed by atoms with Crippen LogP contribution in [0, 0.1) is 6.92 Å². The fourth-order valence-corrected chi connectivity index (χ4v) is 1.81. The minimum absolute atomic E-state index is 0.0411. The van der Waals surface area contributed by atoms with E-state index in [0.717, 1.165) is 10.0 Å². The summed E-state index contributed by atoms with van der Waals surface area (Å²) in [7, 11) is 0. The zero-order valence-electron chi connectivity index (χ0n) is 9.27. The normalized spacial score (nSPS) is 10.2. The van der Waals surface area contributed by atoms with Crippen LogP contribution in [0.4, 0.5) is 0 Å². The molecule has 0 saturated heterocycles. The molecule has 2 aromatic carbocycles. The van der Waals surface area contributed by atoms with Crippen molar-refractivity contribution in [2.75, 3.05) is 0 Å². The van der Waals surface area contributed by atoms with Crippen molar-refractivity contribution in [1.82, 2.24) is 0 Å². The molecule has 3 heteroatoms. The lowest BCUT2D eigenvalue weighted by atomic mass is 10.0. The number of carbonyl (C=O) groups is 1. The van der Waals surface area contributed by atoms with Gasteiger partial charge in [0, 0.05) is 15.6 Å². The molecule has 0 heterocycles. The van der Waals surface area contributed by atoms with E-state index in [1.54, 1.807) is 18.2 Å². The summed E-state index contributed by atoms with van der Waals surface area (Å²) in [5.74, 6) is 0.120. The van der Waals surface area contributed by atoms with Crippen LogP contribution in [0.5, 0.6) is 5.75 Å². The number of phenolic OH excluding ortho intramolecular Hbond substituents is 1. The van der Waals surface area contributed by atoms with E-state index in [-0.39, 0.29) is 11.5 Å². The first-order valence-electron chi connectivity index (χ1n) is 5.18. The first-order chi connectivity index (χ1) is 8.08. The second-order valence-corrected chi connectivity index (χ2v) is 4.69. The molecule has 0 atom stereocenters. The molecule has 0 aliphatic rings. The molecule has 0 aliphatic heterocycles. The van der Waals surface area contributed by atoms with Crippen LogP contribution in [0.25, 0.3) is 0 Å². The zero-order valence-corrected chi connectivity index (χ0v) is 10.9. The Balaban J connectivity index is 2.37. The van der Waals surface area contributed by atoms with Crippen LogP contribution >= 0.6 is 15.9 Å². The molecule has 0 fully saturated rings. The lowest BCUT2D eigenvalue weighted by Gasteiger charge is -2.04. The van der Waals surface area contributed by atoms with E-state index in [1.165, 1.54) is 12.1 Å². The summed E-state index contributed by atoms with van der Waals surface area (Å²) in [6.07, 6.45) is 0. The molecule has 2 rings (SSSR count). The standard InChI is InChI=1S/C14H11BrO2/c1-9-8-11(4-7-13(9)15)14(17)10-2-5-12(16)6-3-10/h2-8,16H,1H3. The van der Waals surface area contributed by atoms with Gasteiger partial charge in [0.05, 0.1) is 0 Å². The molecule has 17 heavy (non-hydrogen) atoms. The van der Waals surface area contributed by atoms with E-state index < -0.39 is 0 Å². The van der Waals surface area contributed by atoms with Crippen molar-refractivity contribution in [3.8, 4) is 5.75 Å². The fourth-order valence-electron chi connectivity index (χ4n) is 1.57. The topological polar surface area (TPSA) is 37.3 Å². The van der Waals surface area contributed by atoms with E-state index >= 15 is 0 Å². The van der Waals surface area contributed by atoms with Gasteiger partial charge in [0.25, 0.3) is 0 Å². The molecule has 0 aromatic heterocycles. The Kier molecular flexibility index (Phi) is 3.29. The maximum atomic E-state index is 12.1. The minimum atomic E-state index is -0.0411. The number of ketones is 1. The molecular weight excluding hydrogens is 280 g/mol. The van der Waals surface area contributed by atoms with Crippen molar-refractivity contribution in [2.24, 2.45) is 0 Å². The van der Waals surface area contributed by atoms with Gasteiger partial charge >= 0.3 is 0 Å². The molecule has 1 N–H and O–H groups in total. The van der Waals surface area contributed by atoms with Crippen molar-refractivity contribution >= 4 is 21.7 Å². The van der Waals surface area contributed by atoms with Crippen molar-refractivity contribution in [3.05, 3.63) is 63.6 Å². The number of hydrogen-bond donors (Lipinski definition) is 1. The molecule has 86 valence electrons. The lowest BCUT2D eigenvalue weighted by molar-refractivity contribution is 0.103. The van der Waals surface area contributed by atoms with Crippen LogP contribution in [0.1, 0.15) is 21.5 Å². The predicted octanol–water partition coefficient (Wildman–Crippen LogP) is 3.69. The Morgan fingerprint density at radius 1 is 1.06 bits per heavy atom. The van der Waals surface area contributed by atoms with Crippen LogP contribution in [-0.4, -0.2) is 10.9 Å². The van der Waals surface area contributed by atoms with Gasteiger partial charge in [0.15, 0.2) is 5.78 Å². The van der Waals surface area contributed by atoms with Gasteiger partial charge in [-0.05, 0) is 55.0 Å². The molecular formula is C14H11BrO2. The van der Waals surface area contributed by atoms with Crippen LogP contribution in [0.15, 0.2) is 46.9 Å². The fraction of sp³-hybridized carbons (Fsp3) is 0.0714. The number of aryl methyl sites for hydroxylation is 1. The van der Waals surface area contributed by atoms with E-state index in [1.807, 2.05) is 19.1 Å². The number of benzene rings is 2. The van der Waals surface area contributed by atoms with Gasteiger partial charge in [-0.3, -0.25) is 4.79 Å². The summed E-state index contributed by atoms with van der Waals surface area (Å²) in [6.45, 7) is 1.94. The van der Waals surface area contributed by atoms with E-state index in [4.69, 9.17) is 0 Å². The third-order valence-corrected chi connectivity index (χ3v) is 3.44. The van der Waals surface area contributed by atoms with Crippen molar-refractivity contribution < 1.29 is 9.90 Å². The van der Waals surface area contributed by atoms with E-state index in [9.17, 15) is 9.90 Å². The number of carbonyl (C=O) groups excluding carboxylic acids is 1. The van der Waals surface area contributed by atoms with Gasteiger partial charge in [-0.25, -0.2) is 0 Å². The van der Waals surface area contributed by atoms with Gasteiger partial charge in [-0.2, -0.15) is 0 Å². The maximum absolute atomic E-state index is 12.1. The highest BCUT2D eigenvalue weighted by molar-refractivity contribution is 9.10. The highest BCUT2D eigenvalue weighted by Gasteiger charge is 2.09. The molecule has 2 nitrogen and oxygen atoms in total. The van der Waals surface area contributed by atoms with Gasteiger partial charge < -0.3 is 5.11 Å². The van der Waals surface area contributed by atoms with Gasteiger partial charge in [-0.1, -0.05) is 15.9 Å². The molecule has 0 bridgehead atoms. The van der Waals surface area contributed by atoms with Crippen LogP contribution in [0.2, 0.25) is 0 Å². The summed E-state index contributed by atoms with van der Waals surface area (Å²) in [4.78, 5) is 12.1. The quantitative estimate of drug-likeness (QED) is 0.857. The summed E-state index contributed by atoms with van der Waals surface area (Å²) < 4.78 is 0.986. The molecule has 0 saturated carbocycles. The minimum Gasteiger partial charge on any atom is -0.508 e. The predicted molar refractivity (Wildman–Crippen MR) is 70.4 cm³/mol. The van der Waals surface area contributed by atoms with Crippen LogP contribution in [0.3, 0.4) is 0 Å². The smallest absolute Gasteiger partial charge is 0.193 e. The maximum Gasteiger partial charge on any atom is 0.193 e. The zero-order chi connectivity index (χ0) is 12.4. The average Bonchev–Trinajstić information content (AvgIpc) is 2.33. The summed E-state index contributed by atoms with van der Waals surface area (Å²) >= 11 is 3.40. The van der Waals surface area contributed by atoms with Crippen molar-refractivity contribution in [1.29, 1.82) is 0 Å². The van der Waals surface area contributed by atoms with Crippen LogP contribution < -0.4 is 0 Å². The largest absolute Gasteiger partial charge is 0.508 e. The molecule has 0 unspecified atom stereocenters. The summed E-state index contributed by atoms with van der Waals surface area (Å²) in [6, 6.07) is 11.8. The van der Waals surface area contributed by atoms with E-state index in [2.05, 4.69) is 15.9 Å². The number of halogens is 1.